The zero-order valence-electron chi connectivity index (χ0n) is 44.9. The molecule has 0 fully saturated rings. The highest BCUT2D eigenvalue weighted by molar-refractivity contribution is 5.76. The van der Waals surface area contributed by atoms with E-state index in [-0.39, 0.29) is 18.5 Å². The summed E-state index contributed by atoms with van der Waals surface area (Å²) in [5.41, 5.74) is 0. The number of hydrogen-bond donors (Lipinski definition) is 3. The lowest BCUT2D eigenvalue weighted by Gasteiger charge is -2.20. The van der Waals surface area contributed by atoms with Gasteiger partial charge in [-0.15, -0.1) is 0 Å². The average molecular weight is 943 g/mol. The molecule has 0 aromatic heterocycles. The SMILES string of the molecule is CCCCCCCCCCCCCCCCCCCC/C=C/C(O)C(CO)NC(=O)CCCCCCCCC/C=C\C/C=C\CCCCCOC(=O)CCCCCCCCCCCCCCC. The predicted molar refractivity (Wildman–Crippen MR) is 292 cm³/mol. The Morgan fingerprint density at radius 2 is 0.746 bits per heavy atom. The van der Waals surface area contributed by atoms with Crippen molar-refractivity contribution in [1.82, 2.24) is 5.32 Å². The minimum absolute atomic E-state index is 0.0148. The first-order valence-electron chi connectivity index (χ1n) is 29.8. The number of ether oxygens (including phenoxy) is 1. The quantitative estimate of drug-likeness (QED) is 0.0321. The standard InChI is InChI=1S/C61H115NO5/c1-3-5-7-9-11-13-15-17-18-19-20-21-23-26-30-33-37-41-45-49-53-59(64)58(57-63)62-60(65)54-50-46-42-38-34-31-27-24-22-25-28-32-36-40-44-48-52-56-67-61(66)55-51-47-43-39-35-29-16-14-12-10-8-6-4-2/h22,25,32,36,49,53,58-59,63-64H,3-21,23-24,26-31,33-35,37-48,50-52,54-57H2,1-2H3,(H,62,65)/b25-22-,36-32-,53-49+. The van der Waals surface area contributed by atoms with Crippen molar-refractivity contribution in [2.75, 3.05) is 13.2 Å². The zero-order valence-corrected chi connectivity index (χ0v) is 44.9. The summed E-state index contributed by atoms with van der Waals surface area (Å²) in [6, 6.07) is -0.641. The molecule has 0 aromatic rings. The van der Waals surface area contributed by atoms with Gasteiger partial charge in [0.2, 0.25) is 5.91 Å². The van der Waals surface area contributed by atoms with Gasteiger partial charge in [-0.25, -0.2) is 0 Å². The maximum atomic E-state index is 12.5. The molecule has 2 unspecified atom stereocenters. The van der Waals surface area contributed by atoms with E-state index in [0.717, 1.165) is 83.5 Å². The Kier molecular flexibility index (Phi) is 55.0. The summed E-state index contributed by atoms with van der Waals surface area (Å²) < 4.78 is 5.45. The van der Waals surface area contributed by atoms with Gasteiger partial charge in [-0.3, -0.25) is 9.59 Å². The molecule has 0 aromatic carbocycles. The second-order valence-corrected chi connectivity index (χ2v) is 20.3. The molecule has 67 heavy (non-hydrogen) atoms. The fraction of sp³-hybridized carbons (Fsp3) is 0.869. The Balaban J connectivity index is 3.53. The summed E-state index contributed by atoms with van der Waals surface area (Å²) in [6.07, 6.45) is 70.3. The average Bonchev–Trinajstić information content (AvgIpc) is 3.33. The first kappa shape index (κ1) is 65.1. The predicted octanol–water partition coefficient (Wildman–Crippen LogP) is 18.4. The number of nitrogens with one attached hydrogen (secondary N) is 1. The molecule has 0 aliphatic heterocycles. The molecule has 2 atom stereocenters. The largest absolute Gasteiger partial charge is 0.466 e. The van der Waals surface area contributed by atoms with Crippen LogP contribution in [0.15, 0.2) is 36.5 Å². The molecule has 394 valence electrons. The van der Waals surface area contributed by atoms with E-state index in [4.69, 9.17) is 4.74 Å². The maximum absolute atomic E-state index is 12.5. The Labute approximate surface area is 417 Å². The van der Waals surface area contributed by atoms with Crippen molar-refractivity contribution in [3.8, 4) is 0 Å². The number of allylic oxidation sites excluding steroid dienone is 5. The first-order chi connectivity index (χ1) is 33.0. The summed E-state index contributed by atoms with van der Waals surface area (Å²) in [4.78, 5) is 24.5. The van der Waals surface area contributed by atoms with E-state index in [1.54, 1.807) is 6.08 Å². The molecule has 0 radical (unpaired) electrons. The number of rotatable bonds is 55. The molecule has 0 aliphatic rings. The van der Waals surface area contributed by atoms with Gasteiger partial charge < -0.3 is 20.3 Å². The van der Waals surface area contributed by atoms with Crippen LogP contribution >= 0.6 is 0 Å². The Bertz CT molecular complexity index is 1090. The summed E-state index contributed by atoms with van der Waals surface area (Å²) in [5, 5.41) is 23.2. The molecule has 6 nitrogen and oxygen atoms in total. The van der Waals surface area contributed by atoms with Crippen molar-refractivity contribution in [2.24, 2.45) is 0 Å². The van der Waals surface area contributed by atoms with Crippen LogP contribution in [0.2, 0.25) is 0 Å². The number of unbranched alkanes of at least 4 members (excludes halogenated alkanes) is 40. The van der Waals surface area contributed by atoms with Crippen molar-refractivity contribution in [3.63, 3.8) is 0 Å². The molecular weight excluding hydrogens is 827 g/mol. The van der Waals surface area contributed by atoms with Crippen LogP contribution in [0, 0.1) is 0 Å². The molecule has 0 aliphatic carbocycles. The maximum Gasteiger partial charge on any atom is 0.305 e. The van der Waals surface area contributed by atoms with Crippen molar-refractivity contribution in [2.45, 2.75) is 328 Å². The van der Waals surface area contributed by atoms with Crippen molar-refractivity contribution < 1.29 is 24.5 Å². The summed E-state index contributed by atoms with van der Waals surface area (Å²) in [5.74, 6) is -0.0969. The molecular formula is C61H115NO5. The normalized spacial score (nSPS) is 12.8. The monoisotopic (exact) mass is 942 g/mol. The van der Waals surface area contributed by atoms with Crippen molar-refractivity contribution >= 4 is 11.9 Å². The lowest BCUT2D eigenvalue weighted by molar-refractivity contribution is -0.143. The number of carbonyl (C=O) groups excluding carboxylic acids is 2. The fourth-order valence-electron chi connectivity index (χ4n) is 9.08. The highest BCUT2D eigenvalue weighted by Gasteiger charge is 2.18. The van der Waals surface area contributed by atoms with Gasteiger partial charge in [-0.05, 0) is 70.6 Å². The second-order valence-electron chi connectivity index (χ2n) is 20.3. The summed E-state index contributed by atoms with van der Waals surface area (Å²) >= 11 is 0. The lowest BCUT2D eigenvalue weighted by Crippen LogP contribution is -2.45. The summed E-state index contributed by atoms with van der Waals surface area (Å²) in [6.45, 7) is 4.87. The van der Waals surface area contributed by atoms with E-state index in [0.29, 0.717) is 19.4 Å². The highest BCUT2D eigenvalue weighted by Crippen LogP contribution is 2.17. The molecule has 0 spiro atoms. The Hall–Kier alpha value is -1.92. The molecule has 6 heteroatoms. The van der Waals surface area contributed by atoms with E-state index in [9.17, 15) is 19.8 Å². The Morgan fingerprint density at radius 3 is 1.13 bits per heavy atom. The number of amides is 1. The Morgan fingerprint density at radius 1 is 0.418 bits per heavy atom. The van der Waals surface area contributed by atoms with Crippen LogP contribution in [-0.2, 0) is 14.3 Å². The van der Waals surface area contributed by atoms with E-state index >= 15 is 0 Å². The summed E-state index contributed by atoms with van der Waals surface area (Å²) in [7, 11) is 0. The highest BCUT2D eigenvalue weighted by atomic mass is 16.5. The molecule has 0 heterocycles. The van der Waals surface area contributed by atoms with Gasteiger partial charge in [0.15, 0.2) is 0 Å². The van der Waals surface area contributed by atoms with Gasteiger partial charge in [0.25, 0.3) is 0 Å². The second kappa shape index (κ2) is 56.7. The van der Waals surface area contributed by atoms with Gasteiger partial charge in [0.1, 0.15) is 0 Å². The van der Waals surface area contributed by atoms with Gasteiger partial charge in [0.05, 0.1) is 25.4 Å². The van der Waals surface area contributed by atoms with Crippen molar-refractivity contribution in [3.05, 3.63) is 36.5 Å². The van der Waals surface area contributed by atoms with Crippen LogP contribution in [0.25, 0.3) is 0 Å². The molecule has 0 saturated carbocycles. The van der Waals surface area contributed by atoms with E-state index in [1.165, 1.54) is 205 Å². The first-order valence-corrected chi connectivity index (χ1v) is 29.8. The van der Waals surface area contributed by atoms with Crippen LogP contribution in [-0.4, -0.2) is 47.4 Å². The molecule has 0 rings (SSSR count). The number of hydrogen-bond acceptors (Lipinski definition) is 5. The van der Waals surface area contributed by atoms with E-state index < -0.39 is 12.1 Å². The topological polar surface area (TPSA) is 95.9 Å². The van der Waals surface area contributed by atoms with Crippen LogP contribution in [0.4, 0.5) is 0 Å². The smallest absolute Gasteiger partial charge is 0.305 e. The van der Waals surface area contributed by atoms with E-state index in [1.807, 2.05) is 6.08 Å². The van der Waals surface area contributed by atoms with Crippen LogP contribution in [0.3, 0.4) is 0 Å². The molecule has 3 N–H and O–H groups in total. The third kappa shape index (κ3) is 53.3. The van der Waals surface area contributed by atoms with Gasteiger partial charge in [0, 0.05) is 12.8 Å². The minimum Gasteiger partial charge on any atom is -0.466 e. The minimum atomic E-state index is -0.856. The number of aliphatic hydroxyl groups is 2. The van der Waals surface area contributed by atoms with E-state index in [2.05, 4.69) is 43.5 Å². The van der Waals surface area contributed by atoms with Crippen LogP contribution < -0.4 is 5.32 Å². The number of esters is 1. The van der Waals surface area contributed by atoms with Gasteiger partial charge in [-0.1, -0.05) is 269 Å². The third-order valence-corrected chi connectivity index (χ3v) is 13.7. The number of carbonyl (C=O) groups is 2. The molecule has 0 saturated heterocycles. The third-order valence-electron chi connectivity index (χ3n) is 13.7. The molecule has 0 bridgehead atoms. The van der Waals surface area contributed by atoms with Gasteiger partial charge >= 0.3 is 5.97 Å². The molecule has 1 amide bonds. The number of aliphatic hydroxyl groups excluding tert-OH is 2. The van der Waals surface area contributed by atoms with Crippen LogP contribution in [0.1, 0.15) is 316 Å². The van der Waals surface area contributed by atoms with Crippen molar-refractivity contribution in [1.29, 1.82) is 0 Å². The zero-order chi connectivity index (χ0) is 48.6. The van der Waals surface area contributed by atoms with Gasteiger partial charge in [-0.2, -0.15) is 0 Å². The fourth-order valence-corrected chi connectivity index (χ4v) is 9.08. The lowest BCUT2D eigenvalue weighted by atomic mass is 10.0. The van der Waals surface area contributed by atoms with Crippen LogP contribution in [0.5, 0.6) is 0 Å².